The minimum atomic E-state index is -0.557. The van der Waals surface area contributed by atoms with Crippen molar-refractivity contribution in [2.75, 3.05) is 9.80 Å². The molecule has 3 aliphatic rings. The third-order valence-electron chi connectivity index (χ3n) is 18.5. The lowest BCUT2D eigenvalue weighted by Crippen LogP contribution is -2.28. The third kappa shape index (κ3) is 8.62. The maximum Gasteiger partial charge on any atom is 0.0713 e. The summed E-state index contributed by atoms with van der Waals surface area (Å²) in [5, 5.41) is 0. The Morgan fingerprint density at radius 1 is 0.224 bits per heavy atom. The minimum Gasteiger partial charge on any atom is -0.310 e. The fourth-order valence-corrected chi connectivity index (χ4v) is 14.3. The van der Waals surface area contributed by atoms with Gasteiger partial charge in [0.05, 0.1) is 5.41 Å². The average Bonchev–Trinajstić information content (AvgIpc) is 1.62. The van der Waals surface area contributed by atoms with Crippen molar-refractivity contribution in [1.29, 1.82) is 0 Å². The van der Waals surface area contributed by atoms with Gasteiger partial charge in [0.25, 0.3) is 0 Å². The second-order valence-electron chi connectivity index (χ2n) is 24.1. The van der Waals surface area contributed by atoms with Gasteiger partial charge in [-0.25, -0.2) is 0 Å². The molecule has 0 saturated heterocycles. The molecule has 0 atom stereocenters. The highest BCUT2D eigenvalue weighted by Crippen LogP contribution is 2.58. The van der Waals surface area contributed by atoms with Gasteiger partial charge in [0.15, 0.2) is 0 Å². The number of nitrogens with zero attached hydrogens (tertiary/aromatic N) is 2. The summed E-state index contributed by atoms with van der Waals surface area (Å²) in [6.07, 6.45) is 9.23. The highest BCUT2D eigenvalue weighted by Gasteiger charge is 2.46. The van der Waals surface area contributed by atoms with Gasteiger partial charge in [-0.05, 0) is 185 Å². The molecule has 0 spiro atoms. The van der Waals surface area contributed by atoms with E-state index in [1.807, 2.05) is 0 Å². The van der Waals surface area contributed by atoms with Crippen LogP contribution in [0.1, 0.15) is 94.5 Å². The largest absolute Gasteiger partial charge is 0.310 e. The Bertz CT molecular complexity index is 4180. The van der Waals surface area contributed by atoms with Crippen molar-refractivity contribution < 1.29 is 0 Å². The van der Waals surface area contributed by atoms with Crippen LogP contribution < -0.4 is 9.80 Å². The number of hydrogen-bond donors (Lipinski definition) is 0. The van der Waals surface area contributed by atoms with Crippen LogP contribution in [0.2, 0.25) is 0 Å². The van der Waals surface area contributed by atoms with E-state index in [0.717, 1.165) is 34.1 Å². The summed E-state index contributed by atoms with van der Waals surface area (Å²) in [5.74, 6) is 0. The second kappa shape index (κ2) is 20.6. The maximum atomic E-state index is 2.45. The molecule has 2 nitrogen and oxygen atoms in total. The van der Waals surface area contributed by atoms with Crippen molar-refractivity contribution in [3.05, 3.63) is 358 Å². The van der Waals surface area contributed by atoms with Gasteiger partial charge in [0.2, 0.25) is 0 Å². The molecule has 15 rings (SSSR count). The Hall–Kier alpha value is -10.3. The Labute approximate surface area is 500 Å². The molecule has 0 fully saturated rings. The number of hydrogen-bond acceptors (Lipinski definition) is 2. The van der Waals surface area contributed by atoms with Crippen molar-refractivity contribution in [1.82, 2.24) is 0 Å². The molecule has 0 unspecified atom stereocenters. The summed E-state index contributed by atoms with van der Waals surface area (Å²) in [6.45, 7) is 9.52. The number of para-hydroxylation sites is 4. The van der Waals surface area contributed by atoms with Crippen LogP contribution in [0.15, 0.2) is 291 Å². The fourth-order valence-electron chi connectivity index (χ4n) is 14.3. The van der Waals surface area contributed by atoms with Crippen LogP contribution in [0.4, 0.5) is 34.1 Å². The van der Waals surface area contributed by atoms with Gasteiger partial charge in [0, 0.05) is 45.0 Å². The molecule has 85 heavy (non-hydrogen) atoms. The van der Waals surface area contributed by atoms with Crippen molar-refractivity contribution in [2.24, 2.45) is 0 Å². The zero-order valence-electron chi connectivity index (χ0n) is 48.4. The first-order valence-electron chi connectivity index (χ1n) is 29.8. The van der Waals surface area contributed by atoms with Crippen LogP contribution in [-0.4, -0.2) is 0 Å². The van der Waals surface area contributed by atoms with E-state index in [1.54, 1.807) is 0 Å². The van der Waals surface area contributed by atoms with Crippen LogP contribution in [0.5, 0.6) is 0 Å². The van der Waals surface area contributed by atoms with Crippen LogP contribution in [0.25, 0.3) is 57.7 Å². The molecular formula is C83H64N2. The van der Waals surface area contributed by atoms with Crippen LogP contribution in [0.3, 0.4) is 0 Å². The van der Waals surface area contributed by atoms with Gasteiger partial charge in [-0.3, -0.25) is 0 Å². The lowest BCUT2D eigenvalue weighted by Gasteiger charge is -2.34. The monoisotopic (exact) mass is 1090 g/mol. The molecule has 12 aromatic carbocycles. The lowest BCUT2D eigenvalue weighted by atomic mass is 9.67. The molecule has 12 aromatic rings. The Morgan fingerprint density at radius 2 is 0.459 bits per heavy atom. The van der Waals surface area contributed by atoms with Crippen LogP contribution in [0, 0.1) is 0 Å². The van der Waals surface area contributed by atoms with Gasteiger partial charge >= 0.3 is 0 Å². The van der Waals surface area contributed by atoms with E-state index >= 15 is 0 Å². The van der Waals surface area contributed by atoms with E-state index < -0.39 is 5.41 Å². The molecule has 406 valence electrons. The van der Waals surface area contributed by atoms with Gasteiger partial charge in [-0.1, -0.05) is 258 Å². The summed E-state index contributed by atoms with van der Waals surface area (Å²) in [6, 6.07) is 107. The minimum absolute atomic E-state index is 0.201. The predicted molar refractivity (Wildman–Crippen MR) is 359 cm³/mol. The fraction of sp³-hybridized carbons (Fsp3) is 0.0843. The molecule has 0 radical (unpaired) electrons. The van der Waals surface area contributed by atoms with E-state index in [2.05, 4.69) is 353 Å². The molecule has 0 saturated carbocycles. The summed E-state index contributed by atoms with van der Waals surface area (Å²) in [5.41, 5.74) is 28.9. The number of fused-ring (bicyclic) bond motifs is 9. The Morgan fingerprint density at radius 3 is 0.753 bits per heavy atom. The van der Waals surface area contributed by atoms with Crippen LogP contribution in [-0.2, 0) is 16.2 Å². The molecule has 0 N–H and O–H groups in total. The normalized spacial score (nSPS) is 14.3. The molecule has 0 heterocycles. The molecule has 0 aliphatic heterocycles. The zero-order valence-corrected chi connectivity index (χ0v) is 48.4. The summed E-state index contributed by atoms with van der Waals surface area (Å²) in [4.78, 5) is 4.72. The third-order valence-corrected chi connectivity index (χ3v) is 18.5. The van der Waals surface area contributed by atoms with Gasteiger partial charge in [-0.2, -0.15) is 0 Å². The second-order valence-corrected chi connectivity index (χ2v) is 24.1. The molecular weight excluding hydrogens is 1020 g/mol. The summed E-state index contributed by atoms with van der Waals surface area (Å²) < 4.78 is 0. The SMILES string of the molecule is CC1(C)c2cc(C=Cc3ccc4c(c3)C(c3ccccc3)(c3ccccc3)c3cc(C=Cc5ccc6c(c5)C(C)(C)c5cc(N(c7ccccc7)c7ccccc7)ccc5-6)ccc3-4)ccc2-c2ccc(N(c3ccccc3)c3ccccc3)cc21. The van der Waals surface area contributed by atoms with Gasteiger partial charge in [0.1, 0.15) is 0 Å². The van der Waals surface area contributed by atoms with Crippen molar-refractivity contribution in [3.8, 4) is 33.4 Å². The first-order chi connectivity index (χ1) is 41.6. The van der Waals surface area contributed by atoms with E-state index in [4.69, 9.17) is 0 Å². The van der Waals surface area contributed by atoms with Gasteiger partial charge in [-0.15, -0.1) is 0 Å². The first-order valence-corrected chi connectivity index (χ1v) is 29.8. The topological polar surface area (TPSA) is 6.48 Å². The van der Waals surface area contributed by atoms with Crippen molar-refractivity contribution in [3.63, 3.8) is 0 Å². The highest BCUT2D eigenvalue weighted by atomic mass is 15.1. The summed E-state index contributed by atoms with van der Waals surface area (Å²) in [7, 11) is 0. The number of benzene rings is 12. The Kier molecular flexibility index (Phi) is 12.5. The van der Waals surface area contributed by atoms with E-state index in [1.165, 1.54) is 100 Å². The molecule has 0 amide bonds. The quantitative estimate of drug-likeness (QED) is 0.113. The van der Waals surface area contributed by atoms with Crippen molar-refractivity contribution in [2.45, 2.75) is 43.9 Å². The molecule has 3 aliphatic carbocycles. The molecule has 2 heteroatoms. The number of anilines is 6. The maximum absolute atomic E-state index is 2.45. The van der Waals surface area contributed by atoms with Crippen LogP contribution >= 0.6 is 0 Å². The van der Waals surface area contributed by atoms with E-state index in [-0.39, 0.29) is 10.8 Å². The average molecular weight is 1090 g/mol. The molecule has 0 bridgehead atoms. The van der Waals surface area contributed by atoms with E-state index in [0.29, 0.717) is 0 Å². The van der Waals surface area contributed by atoms with Crippen molar-refractivity contribution >= 4 is 58.4 Å². The highest BCUT2D eigenvalue weighted by molar-refractivity contribution is 5.92. The van der Waals surface area contributed by atoms with Gasteiger partial charge < -0.3 is 9.80 Å². The number of rotatable bonds is 12. The van der Waals surface area contributed by atoms with E-state index in [9.17, 15) is 0 Å². The predicted octanol–water partition coefficient (Wildman–Crippen LogP) is 21.9. The summed E-state index contributed by atoms with van der Waals surface area (Å²) >= 11 is 0. The smallest absolute Gasteiger partial charge is 0.0713 e. The molecule has 0 aromatic heterocycles. The first kappa shape index (κ1) is 51.6. The lowest BCUT2D eigenvalue weighted by molar-refractivity contribution is 0.660. The zero-order chi connectivity index (χ0) is 57.3. The Balaban J connectivity index is 0.751. The standard InChI is InChI=1S/C83H64N2/c1-81(2)75-51-57(39-45-69(75)71-49-43-67(55-77(71)81)84(63-27-15-7-16-28-63)64-29-17-8-18-30-64)35-37-59-41-47-73-74-48-42-60(54-80(74)83(79(73)53-59,61-23-11-5-12-24-61)62-25-13-6-14-26-62)38-36-58-40-46-70-72-50-44-68(56-78(72)82(3,4)76(70)52-58)85(65-31-19-9-20-32-65)66-33-21-10-22-34-66/h5-56H,1-4H3.